The lowest BCUT2D eigenvalue weighted by molar-refractivity contribution is -0.132. The fourth-order valence-corrected chi connectivity index (χ4v) is 2.94. The summed E-state index contributed by atoms with van der Waals surface area (Å²) in [5, 5.41) is 17.2. The molecule has 2 N–H and O–H groups in total. The van der Waals surface area contributed by atoms with Crippen LogP contribution in [0.1, 0.15) is 24.2 Å². The molecule has 0 fully saturated rings. The van der Waals surface area contributed by atoms with Gasteiger partial charge in [-0.15, -0.1) is 0 Å². The number of rotatable bonds is 4. The van der Waals surface area contributed by atoms with Gasteiger partial charge in [0.25, 0.3) is 0 Å². The number of carbonyl (C=O) groups is 1. The zero-order valence-corrected chi connectivity index (χ0v) is 12.2. The number of hydrogen-bond acceptors (Lipinski definition) is 4. The summed E-state index contributed by atoms with van der Waals surface area (Å²) in [6, 6.07) is 1.94. The summed E-state index contributed by atoms with van der Waals surface area (Å²) in [5.74, 6) is 0.0837. The molecule has 0 saturated carbocycles. The van der Waals surface area contributed by atoms with Crippen LogP contribution in [-0.2, 0) is 24.3 Å². The zero-order valence-electron chi connectivity index (χ0n) is 12.2. The summed E-state index contributed by atoms with van der Waals surface area (Å²) in [6.07, 6.45) is 6.02. The SMILES string of the molecule is O=C(CCc1cc2n(n1)CCCNC2)N1CC=C[C@@H]1CO. The Kier molecular flexibility index (Phi) is 4.36. The van der Waals surface area contributed by atoms with Gasteiger partial charge in [0.1, 0.15) is 0 Å². The molecule has 1 atom stereocenters. The summed E-state index contributed by atoms with van der Waals surface area (Å²) in [5.41, 5.74) is 2.18. The number of amides is 1. The van der Waals surface area contributed by atoms with E-state index in [1.165, 1.54) is 5.69 Å². The third-order valence-electron chi connectivity index (χ3n) is 4.11. The Morgan fingerprint density at radius 1 is 1.52 bits per heavy atom. The standard InChI is InChI=1S/C15H22N4O2/c20-11-13-3-1-7-18(13)15(21)5-4-12-9-14-10-16-6-2-8-19(14)17-12/h1,3,9,13,16,20H,2,4-8,10-11H2/t13-/m1/s1. The highest BCUT2D eigenvalue weighted by atomic mass is 16.3. The lowest BCUT2D eigenvalue weighted by atomic mass is 10.2. The number of aliphatic hydroxyl groups is 1. The molecule has 1 aromatic heterocycles. The fourth-order valence-electron chi connectivity index (χ4n) is 2.94. The van der Waals surface area contributed by atoms with Crippen LogP contribution in [0.5, 0.6) is 0 Å². The number of aromatic nitrogens is 2. The number of nitrogens with one attached hydrogen (secondary N) is 1. The molecule has 0 unspecified atom stereocenters. The first-order valence-electron chi connectivity index (χ1n) is 7.61. The number of carbonyl (C=O) groups excluding carboxylic acids is 1. The number of aliphatic hydroxyl groups excluding tert-OH is 1. The van der Waals surface area contributed by atoms with E-state index >= 15 is 0 Å². The maximum atomic E-state index is 12.2. The van der Waals surface area contributed by atoms with Crippen molar-refractivity contribution in [2.24, 2.45) is 0 Å². The van der Waals surface area contributed by atoms with Gasteiger partial charge in [-0.1, -0.05) is 12.2 Å². The van der Waals surface area contributed by atoms with Crippen LogP contribution in [0.3, 0.4) is 0 Å². The Balaban J connectivity index is 1.56. The van der Waals surface area contributed by atoms with Crippen LogP contribution in [-0.4, -0.2) is 51.4 Å². The Morgan fingerprint density at radius 3 is 3.29 bits per heavy atom. The zero-order chi connectivity index (χ0) is 14.7. The number of hydrogen-bond donors (Lipinski definition) is 2. The second-order valence-corrected chi connectivity index (χ2v) is 5.60. The van der Waals surface area contributed by atoms with Gasteiger partial charge < -0.3 is 15.3 Å². The van der Waals surface area contributed by atoms with Gasteiger partial charge in [0.15, 0.2) is 0 Å². The monoisotopic (exact) mass is 290 g/mol. The van der Waals surface area contributed by atoms with Crippen molar-refractivity contribution in [1.82, 2.24) is 20.0 Å². The molecule has 6 heteroatoms. The first-order chi connectivity index (χ1) is 10.3. The quantitative estimate of drug-likeness (QED) is 0.770. The predicted octanol–water partition coefficient (Wildman–Crippen LogP) is 0.0683. The van der Waals surface area contributed by atoms with E-state index < -0.39 is 0 Å². The second-order valence-electron chi connectivity index (χ2n) is 5.60. The Bertz CT molecular complexity index is 514. The van der Waals surface area contributed by atoms with Crippen molar-refractivity contribution in [3.8, 4) is 0 Å². The summed E-state index contributed by atoms with van der Waals surface area (Å²) in [6.45, 7) is 3.42. The van der Waals surface area contributed by atoms with Gasteiger partial charge in [-0.3, -0.25) is 9.48 Å². The maximum Gasteiger partial charge on any atom is 0.223 e. The number of aryl methyl sites for hydroxylation is 2. The topological polar surface area (TPSA) is 70.4 Å². The van der Waals surface area contributed by atoms with Crippen molar-refractivity contribution in [3.05, 3.63) is 29.6 Å². The van der Waals surface area contributed by atoms with Crippen LogP contribution in [0.15, 0.2) is 18.2 Å². The van der Waals surface area contributed by atoms with Crippen molar-refractivity contribution < 1.29 is 9.90 Å². The third-order valence-corrected chi connectivity index (χ3v) is 4.11. The van der Waals surface area contributed by atoms with Gasteiger partial charge in [0, 0.05) is 32.5 Å². The van der Waals surface area contributed by atoms with Crippen molar-refractivity contribution in [2.75, 3.05) is 19.7 Å². The van der Waals surface area contributed by atoms with Gasteiger partial charge in [-0.2, -0.15) is 5.10 Å². The van der Waals surface area contributed by atoms with Crippen LogP contribution < -0.4 is 5.32 Å². The van der Waals surface area contributed by atoms with Gasteiger partial charge in [-0.25, -0.2) is 0 Å². The van der Waals surface area contributed by atoms with E-state index in [-0.39, 0.29) is 18.6 Å². The van der Waals surface area contributed by atoms with Gasteiger partial charge in [-0.05, 0) is 19.0 Å². The lowest BCUT2D eigenvalue weighted by Crippen LogP contribution is -2.38. The number of fused-ring (bicyclic) bond motifs is 1. The highest BCUT2D eigenvalue weighted by molar-refractivity contribution is 5.77. The molecule has 0 aliphatic carbocycles. The van der Waals surface area contributed by atoms with E-state index in [1.54, 1.807) is 4.90 Å². The van der Waals surface area contributed by atoms with Crippen LogP contribution in [0.25, 0.3) is 0 Å². The molecule has 0 bridgehead atoms. The van der Waals surface area contributed by atoms with Crippen molar-refractivity contribution in [3.63, 3.8) is 0 Å². The van der Waals surface area contributed by atoms with Gasteiger partial charge in [0.05, 0.1) is 24.0 Å². The maximum absolute atomic E-state index is 12.2. The summed E-state index contributed by atoms with van der Waals surface area (Å²) < 4.78 is 2.05. The Hall–Kier alpha value is -1.66. The molecule has 3 heterocycles. The van der Waals surface area contributed by atoms with Crippen molar-refractivity contribution >= 4 is 5.91 Å². The average Bonchev–Trinajstić information content (AvgIpc) is 3.07. The smallest absolute Gasteiger partial charge is 0.223 e. The largest absolute Gasteiger partial charge is 0.394 e. The average molecular weight is 290 g/mol. The molecule has 0 spiro atoms. The molecule has 0 saturated heterocycles. The number of nitrogens with zero attached hydrogens (tertiary/aromatic N) is 3. The van der Waals surface area contributed by atoms with E-state index in [0.717, 1.165) is 31.7 Å². The normalized spacial score (nSPS) is 21.4. The van der Waals surface area contributed by atoms with E-state index in [4.69, 9.17) is 0 Å². The molecule has 2 aliphatic heterocycles. The van der Waals surface area contributed by atoms with Crippen LogP contribution in [0.4, 0.5) is 0 Å². The van der Waals surface area contributed by atoms with Crippen LogP contribution >= 0.6 is 0 Å². The molecule has 1 aromatic rings. The molecule has 2 aliphatic rings. The van der Waals surface area contributed by atoms with E-state index in [9.17, 15) is 9.90 Å². The first kappa shape index (κ1) is 14.3. The predicted molar refractivity (Wildman–Crippen MR) is 78.6 cm³/mol. The lowest BCUT2D eigenvalue weighted by Gasteiger charge is -2.22. The van der Waals surface area contributed by atoms with Crippen LogP contribution in [0, 0.1) is 0 Å². The second kappa shape index (κ2) is 6.41. The highest BCUT2D eigenvalue weighted by Gasteiger charge is 2.23. The Morgan fingerprint density at radius 2 is 2.43 bits per heavy atom. The first-order valence-corrected chi connectivity index (χ1v) is 7.61. The van der Waals surface area contributed by atoms with E-state index in [2.05, 4.69) is 16.5 Å². The fraction of sp³-hybridized carbons (Fsp3) is 0.600. The molecule has 114 valence electrons. The third kappa shape index (κ3) is 3.16. The molecule has 21 heavy (non-hydrogen) atoms. The van der Waals surface area contributed by atoms with E-state index in [0.29, 0.717) is 19.4 Å². The Labute approximate surface area is 124 Å². The molecular weight excluding hydrogens is 268 g/mol. The molecular formula is C15H22N4O2. The summed E-state index contributed by atoms with van der Waals surface area (Å²) in [4.78, 5) is 13.9. The molecule has 3 rings (SSSR count). The van der Waals surface area contributed by atoms with Gasteiger partial charge >= 0.3 is 0 Å². The van der Waals surface area contributed by atoms with E-state index in [1.807, 2.05) is 16.8 Å². The van der Waals surface area contributed by atoms with Crippen molar-refractivity contribution in [1.29, 1.82) is 0 Å². The summed E-state index contributed by atoms with van der Waals surface area (Å²) in [7, 11) is 0. The minimum Gasteiger partial charge on any atom is -0.394 e. The highest BCUT2D eigenvalue weighted by Crippen LogP contribution is 2.14. The molecule has 0 radical (unpaired) electrons. The summed E-state index contributed by atoms with van der Waals surface area (Å²) >= 11 is 0. The van der Waals surface area contributed by atoms with Crippen LogP contribution in [0.2, 0.25) is 0 Å². The van der Waals surface area contributed by atoms with Gasteiger partial charge in [0.2, 0.25) is 5.91 Å². The molecule has 1 amide bonds. The molecule has 6 nitrogen and oxygen atoms in total. The molecule has 0 aromatic carbocycles. The minimum absolute atomic E-state index is 0.00726. The van der Waals surface area contributed by atoms with Crippen molar-refractivity contribution in [2.45, 2.75) is 38.4 Å². The minimum atomic E-state index is -0.152.